The normalized spacial score (nSPS) is 28.3. The van der Waals surface area contributed by atoms with Crippen molar-refractivity contribution in [3.8, 4) is 0 Å². The summed E-state index contributed by atoms with van der Waals surface area (Å²) < 4.78 is 376. The quantitative estimate of drug-likeness (QED) is 0.246. The van der Waals surface area contributed by atoms with Crippen LogP contribution in [0.25, 0.3) is 0 Å². The van der Waals surface area contributed by atoms with Gasteiger partial charge in [-0.1, -0.05) is 258 Å². The molecule has 0 saturated heterocycles. The average Bonchev–Trinajstić information content (AvgIpc) is 0.749. The molecule has 30 heteroatoms. The van der Waals surface area contributed by atoms with Crippen molar-refractivity contribution in [1.82, 2.24) is 0 Å². The van der Waals surface area contributed by atoms with E-state index < -0.39 is 139 Å². The maximum atomic E-state index is 13.0. The zero-order valence-electron chi connectivity index (χ0n) is 81.2. The van der Waals surface area contributed by atoms with E-state index in [1.165, 1.54) is 46.0 Å². The summed E-state index contributed by atoms with van der Waals surface area (Å²) in [5.41, 5.74) is -9.83. The van der Waals surface area contributed by atoms with Crippen LogP contribution in [0.2, 0.25) is 0 Å². The van der Waals surface area contributed by atoms with Crippen LogP contribution in [-0.4, -0.2) is 61.8 Å². The van der Waals surface area contributed by atoms with Crippen LogP contribution >= 0.6 is 0 Å². The number of hydrogen-bond acceptors (Lipinski definition) is 0. The van der Waals surface area contributed by atoms with Gasteiger partial charge in [-0.2, -0.15) is 132 Å². The van der Waals surface area contributed by atoms with Gasteiger partial charge in [-0.05, 0) is 251 Å². The molecule has 0 nitrogen and oxygen atoms in total. The van der Waals surface area contributed by atoms with Crippen molar-refractivity contribution >= 4 is 0 Å². The SMILES string of the molecule is CC(C)C(C)(C)C(C)(C)C.CC(C)C(C)(C)C(C)(C)C.CC(C)C(C)C(C)(C)C(F)(F)F.CC1CCC(C(F)(F)F)(C(F)(F)F)CC1.CC1CCC(C(F)(F)F)CC1.CC1CCC2(CC1)CCC(C(F)(F)F)(C(F)(F)F)CC2.CC1CCCC(C(F)(F)F)[C@@H]1C.C[C@@H]1CCCC(C(F)(F)F)C1.C[C@@H]1CCCCC1(C(F)(F)F)C(F)(F)F.C[C@H]1CC2CCC1(C)CC2. The molecule has 8 atom stereocenters. The molecule has 1 spiro atoms. The molecule has 4 unspecified atom stereocenters. The molecule has 0 N–H and O–H groups in total. The number of halogens is 30. The molecule has 758 valence electrons. The molecule has 0 aromatic carbocycles. The molecule has 10 aliphatic rings. The summed E-state index contributed by atoms with van der Waals surface area (Å²) in [6.07, 6.45) is -33.2. The summed E-state index contributed by atoms with van der Waals surface area (Å²) in [6.45, 7) is 57.6. The van der Waals surface area contributed by atoms with E-state index in [2.05, 4.69) is 118 Å². The van der Waals surface area contributed by atoms with Crippen LogP contribution in [0.15, 0.2) is 0 Å². The second kappa shape index (κ2) is 46.6. The number of alkyl halides is 30. The van der Waals surface area contributed by atoms with E-state index in [9.17, 15) is 132 Å². The Morgan fingerprint density at radius 3 is 0.881 bits per heavy atom. The Balaban J connectivity index is 0.00000139. The standard InChI is InChI=1S/C14H20F6.C10H18.2C10H22.2C9H12F6.C9H15F3.C9H17F3.2C8H13F3/c1-10-2-4-11(5-3-10)6-8-12(9-7-11,13(15,16)17)14(18,19)20;1-8-7-9-3-5-10(8,2)6-4-9;2*1-8(2)10(6,7)9(3,4)5;1-6-2-4-7(5-3-6,8(10,11)12)9(13,14)15;1-6-4-2-3-5-7(6,8(10,11)12)9(13,14)15;1-6-4-3-5-8(7(6)2)9(10,11)12;1-6(2)7(3)8(4,5)9(10,11)12;1-6-2-4-7(5-3-6)8(9,10)11;1-6-3-2-4-7(5-6)8(9,10)11/h10H,2-9H2,1H3;8-9H,3-7H2,1-2H3;2*8H,1-7H3;2*6H,2-5H2,1H3;6-8H,3-5H2,1-2H3;6-7H,1-5H3;2*6-7H,2-5H2,1H3/t;8-,9?,10?;;;;6-;6?,7-,8?;;;6-,7?/m.0...11..1/s1. The zero-order valence-corrected chi connectivity index (χ0v) is 81.2. The topological polar surface area (TPSA) is 0 Å². The summed E-state index contributed by atoms with van der Waals surface area (Å²) in [5, 5.41) is 0. The van der Waals surface area contributed by atoms with Gasteiger partial charge in [0.25, 0.3) is 0 Å². The Morgan fingerprint density at radius 2 is 0.635 bits per heavy atom. The van der Waals surface area contributed by atoms with E-state index >= 15 is 0 Å². The minimum Gasteiger partial charge on any atom is -0.171 e. The van der Waals surface area contributed by atoms with Gasteiger partial charge >= 0.3 is 61.8 Å². The van der Waals surface area contributed by atoms with E-state index in [1.807, 2.05) is 34.6 Å². The highest BCUT2D eigenvalue weighted by atomic mass is 19.5. The van der Waals surface area contributed by atoms with Crippen molar-refractivity contribution in [3.63, 3.8) is 0 Å². The van der Waals surface area contributed by atoms with Crippen LogP contribution < -0.4 is 0 Å². The van der Waals surface area contributed by atoms with Crippen LogP contribution in [0, 0.1) is 149 Å². The molecule has 0 heterocycles. The molecule has 0 radical (unpaired) electrons. The van der Waals surface area contributed by atoms with Gasteiger partial charge < -0.3 is 0 Å². The van der Waals surface area contributed by atoms with Crippen molar-refractivity contribution in [3.05, 3.63) is 0 Å². The van der Waals surface area contributed by atoms with Gasteiger partial charge in [0.1, 0.15) is 0 Å². The van der Waals surface area contributed by atoms with Crippen molar-refractivity contribution in [2.24, 2.45) is 149 Å². The zero-order chi connectivity index (χ0) is 99.9. The molecule has 0 aliphatic heterocycles. The maximum Gasteiger partial charge on any atom is 0.403 e. The Kier molecular flexibility index (Phi) is 45.9. The Labute approximate surface area is 738 Å². The Morgan fingerprint density at radius 1 is 0.278 bits per heavy atom. The van der Waals surface area contributed by atoms with E-state index in [1.54, 1.807) is 20.8 Å². The van der Waals surface area contributed by atoms with Gasteiger partial charge in [-0.25, -0.2) is 0 Å². The van der Waals surface area contributed by atoms with Crippen LogP contribution in [-0.2, 0) is 0 Å². The fourth-order valence-corrected chi connectivity index (χ4v) is 19.2. The highest BCUT2D eigenvalue weighted by Gasteiger charge is 2.74. The summed E-state index contributed by atoms with van der Waals surface area (Å²) >= 11 is 0. The molecule has 10 aliphatic carbocycles. The van der Waals surface area contributed by atoms with Gasteiger partial charge in [0.15, 0.2) is 16.2 Å². The summed E-state index contributed by atoms with van der Waals surface area (Å²) in [4.78, 5) is 0. The molecule has 10 saturated carbocycles. The molecule has 2 bridgehead atoms. The number of rotatable bonds is 4. The first-order chi connectivity index (χ1) is 55.9. The third-order valence-electron chi connectivity index (χ3n) is 33.9. The van der Waals surface area contributed by atoms with Crippen molar-refractivity contribution in [2.45, 2.75) is 461 Å². The van der Waals surface area contributed by atoms with Crippen molar-refractivity contribution in [2.75, 3.05) is 0 Å². The van der Waals surface area contributed by atoms with Crippen LogP contribution in [0.5, 0.6) is 0 Å². The molecular weight excluding hydrogens is 1720 g/mol. The van der Waals surface area contributed by atoms with Crippen molar-refractivity contribution < 1.29 is 132 Å². The van der Waals surface area contributed by atoms with Crippen LogP contribution in [0.1, 0.15) is 399 Å². The minimum atomic E-state index is -5.20. The third kappa shape index (κ3) is 34.6. The fourth-order valence-electron chi connectivity index (χ4n) is 19.2. The minimum absolute atomic E-state index is 0.0106. The Bertz CT molecular complexity index is 2900. The largest absolute Gasteiger partial charge is 0.403 e. The smallest absolute Gasteiger partial charge is 0.171 e. The van der Waals surface area contributed by atoms with E-state index in [4.69, 9.17) is 0 Å². The third-order valence-corrected chi connectivity index (χ3v) is 33.9. The molecule has 10 rings (SSSR count). The lowest BCUT2D eigenvalue weighted by atomic mass is 9.57. The van der Waals surface area contributed by atoms with Gasteiger partial charge in [0.2, 0.25) is 0 Å². The molecular formula is C96H164F30. The van der Waals surface area contributed by atoms with E-state index in [0.717, 1.165) is 100 Å². The van der Waals surface area contributed by atoms with Crippen molar-refractivity contribution in [1.29, 1.82) is 0 Å². The first-order valence-corrected chi connectivity index (χ1v) is 46.5. The molecule has 0 aromatic rings. The first-order valence-electron chi connectivity index (χ1n) is 46.5. The number of fused-ring (bicyclic) bond motifs is 3. The lowest BCUT2D eigenvalue weighted by Gasteiger charge is -2.49. The number of hydrogen-bond donors (Lipinski definition) is 0. The predicted octanol–water partition coefficient (Wildman–Crippen LogP) is 39.4. The summed E-state index contributed by atoms with van der Waals surface area (Å²) in [7, 11) is 0. The molecule has 0 amide bonds. The molecule has 126 heavy (non-hydrogen) atoms. The van der Waals surface area contributed by atoms with Crippen LogP contribution in [0.3, 0.4) is 0 Å². The second-order valence-electron chi connectivity index (χ2n) is 45.3. The predicted molar refractivity (Wildman–Crippen MR) is 447 cm³/mol. The average molecular weight is 1890 g/mol. The van der Waals surface area contributed by atoms with E-state index in [0.29, 0.717) is 72.0 Å². The van der Waals surface area contributed by atoms with Gasteiger partial charge in [-0.15, -0.1) is 0 Å². The summed E-state index contributed by atoms with van der Waals surface area (Å²) in [6, 6.07) is 0. The Hall–Kier alpha value is -2.10. The van der Waals surface area contributed by atoms with Gasteiger partial charge in [-0.3, -0.25) is 0 Å². The monoisotopic (exact) mass is 1890 g/mol. The summed E-state index contributed by atoms with van der Waals surface area (Å²) in [5.74, 6) is 0.141. The molecule has 10 fully saturated rings. The van der Waals surface area contributed by atoms with E-state index in [-0.39, 0.29) is 79.4 Å². The highest BCUT2D eigenvalue weighted by Crippen LogP contribution is 2.66. The highest BCUT2D eigenvalue weighted by molar-refractivity contribution is 5.03. The lowest BCUT2D eigenvalue weighted by Crippen LogP contribution is -2.55. The lowest BCUT2D eigenvalue weighted by molar-refractivity contribution is -0.364. The molecule has 0 aromatic heterocycles. The second-order valence-corrected chi connectivity index (χ2v) is 45.3. The maximum absolute atomic E-state index is 13.0. The van der Waals surface area contributed by atoms with Gasteiger partial charge in [0.05, 0.1) is 23.2 Å². The van der Waals surface area contributed by atoms with Crippen LogP contribution in [0.4, 0.5) is 132 Å². The van der Waals surface area contributed by atoms with Gasteiger partial charge in [0, 0.05) is 0 Å². The first kappa shape index (κ1) is 124. The fraction of sp³-hybridized carbons (Fsp3) is 1.00.